The topological polar surface area (TPSA) is 123 Å². The van der Waals surface area contributed by atoms with Gasteiger partial charge in [-0.1, -0.05) is 24.3 Å². The van der Waals surface area contributed by atoms with Crippen molar-refractivity contribution in [1.82, 2.24) is 0 Å². The predicted octanol–water partition coefficient (Wildman–Crippen LogP) is 1.97. The number of nitro benzene ring substituents is 1. The van der Waals surface area contributed by atoms with Gasteiger partial charge in [0.1, 0.15) is 5.69 Å². The summed E-state index contributed by atoms with van der Waals surface area (Å²) in [5.74, 6) is -0.184. The summed E-state index contributed by atoms with van der Waals surface area (Å²) < 4.78 is 0. The third kappa shape index (κ3) is 4.03. The van der Waals surface area contributed by atoms with E-state index in [9.17, 15) is 10.1 Å². The molecule has 0 aromatic heterocycles. The van der Waals surface area contributed by atoms with Gasteiger partial charge in [-0.05, 0) is 18.2 Å². The van der Waals surface area contributed by atoms with Crippen LogP contribution in [0.4, 0.5) is 17.1 Å². The SMILES string of the molecule is CN(c1ccccc1)c1ccc(/C=N/N=C(N)N)cc1[N+](=O)[O-]. The molecule has 0 spiro atoms. The molecular weight excluding hydrogens is 296 g/mol. The zero-order valence-corrected chi connectivity index (χ0v) is 12.5. The van der Waals surface area contributed by atoms with Gasteiger partial charge in [-0.15, -0.1) is 5.10 Å². The Morgan fingerprint density at radius 1 is 1.22 bits per heavy atom. The first kappa shape index (κ1) is 16.0. The fourth-order valence-corrected chi connectivity index (χ4v) is 2.00. The summed E-state index contributed by atoms with van der Waals surface area (Å²) in [5, 5.41) is 18.5. The van der Waals surface area contributed by atoms with Crippen LogP contribution >= 0.6 is 0 Å². The molecule has 2 aromatic carbocycles. The standard InChI is InChI=1S/C15H16N6O2/c1-20(12-5-3-2-4-6-12)13-8-7-11(9-14(13)21(22)23)10-18-19-15(16)17/h2-10H,1H3,(H4,16,17,19)/b18-10+. The Labute approximate surface area is 132 Å². The van der Waals surface area contributed by atoms with Gasteiger partial charge in [0, 0.05) is 24.4 Å². The van der Waals surface area contributed by atoms with Gasteiger partial charge in [0.05, 0.1) is 11.1 Å². The maximum Gasteiger partial charge on any atom is 0.293 e. The van der Waals surface area contributed by atoms with E-state index >= 15 is 0 Å². The maximum absolute atomic E-state index is 11.4. The van der Waals surface area contributed by atoms with Crippen molar-refractivity contribution in [3.8, 4) is 0 Å². The second-order valence-electron chi connectivity index (χ2n) is 4.67. The van der Waals surface area contributed by atoms with Crippen molar-refractivity contribution in [2.75, 3.05) is 11.9 Å². The second-order valence-corrected chi connectivity index (χ2v) is 4.67. The summed E-state index contributed by atoms with van der Waals surface area (Å²) >= 11 is 0. The number of hydrogen-bond acceptors (Lipinski definition) is 5. The number of nitrogens with zero attached hydrogens (tertiary/aromatic N) is 4. The number of guanidine groups is 1. The van der Waals surface area contributed by atoms with Crippen LogP contribution in [0.5, 0.6) is 0 Å². The highest BCUT2D eigenvalue weighted by Crippen LogP contribution is 2.32. The van der Waals surface area contributed by atoms with E-state index in [4.69, 9.17) is 11.5 Å². The molecule has 0 aliphatic carbocycles. The van der Waals surface area contributed by atoms with Crippen molar-refractivity contribution in [3.05, 3.63) is 64.2 Å². The highest BCUT2D eigenvalue weighted by atomic mass is 16.6. The fourth-order valence-electron chi connectivity index (χ4n) is 2.00. The van der Waals surface area contributed by atoms with E-state index in [0.29, 0.717) is 11.3 Å². The van der Waals surface area contributed by atoms with E-state index in [2.05, 4.69) is 10.2 Å². The molecule has 0 bridgehead atoms. The Morgan fingerprint density at radius 2 is 1.91 bits per heavy atom. The minimum absolute atomic E-state index is 0.0370. The van der Waals surface area contributed by atoms with Gasteiger partial charge in [-0.25, -0.2) is 0 Å². The first-order valence-electron chi connectivity index (χ1n) is 6.68. The molecule has 0 heterocycles. The molecule has 8 heteroatoms. The van der Waals surface area contributed by atoms with Gasteiger partial charge in [0.2, 0.25) is 5.96 Å². The van der Waals surface area contributed by atoms with Crippen LogP contribution in [0.1, 0.15) is 5.56 Å². The molecule has 0 saturated carbocycles. The van der Waals surface area contributed by atoms with Crippen LogP contribution in [0.25, 0.3) is 0 Å². The average Bonchev–Trinajstić information content (AvgIpc) is 2.54. The highest BCUT2D eigenvalue weighted by Gasteiger charge is 2.18. The molecule has 0 amide bonds. The van der Waals surface area contributed by atoms with Crippen molar-refractivity contribution in [3.63, 3.8) is 0 Å². The molecule has 4 N–H and O–H groups in total. The molecular formula is C15H16N6O2. The van der Waals surface area contributed by atoms with E-state index in [-0.39, 0.29) is 11.6 Å². The van der Waals surface area contributed by atoms with Crippen molar-refractivity contribution in [2.24, 2.45) is 21.7 Å². The number of hydrogen-bond donors (Lipinski definition) is 2. The first-order chi connectivity index (χ1) is 11.0. The zero-order chi connectivity index (χ0) is 16.8. The summed E-state index contributed by atoms with van der Waals surface area (Å²) in [6, 6.07) is 14.1. The first-order valence-corrected chi connectivity index (χ1v) is 6.68. The summed E-state index contributed by atoms with van der Waals surface area (Å²) in [5.41, 5.74) is 12.1. The molecule has 118 valence electrons. The smallest absolute Gasteiger partial charge is 0.293 e. The third-order valence-corrected chi connectivity index (χ3v) is 3.08. The van der Waals surface area contributed by atoms with Gasteiger partial charge < -0.3 is 16.4 Å². The van der Waals surface area contributed by atoms with Crippen LogP contribution in [-0.4, -0.2) is 24.1 Å². The van der Waals surface area contributed by atoms with Crippen molar-refractivity contribution < 1.29 is 4.92 Å². The molecule has 8 nitrogen and oxygen atoms in total. The lowest BCUT2D eigenvalue weighted by atomic mass is 10.1. The molecule has 0 atom stereocenters. The van der Waals surface area contributed by atoms with Gasteiger partial charge in [0.15, 0.2) is 0 Å². The number of rotatable bonds is 5. The summed E-state index contributed by atoms with van der Waals surface area (Å²) in [6.07, 6.45) is 1.35. The van der Waals surface area contributed by atoms with E-state index < -0.39 is 4.92 Å². The Bertz CT molecular complexity index is 754. The van der Waals surface area contributed by atoms with Crippen LogP contribution < -0.4 is 16.4 Å². The molecule has 2 rings (SSSR count). The lowest BCUT2D eigenvalue weighted by Crippen LogP contribution is -2.21. The predicted molar refractivity (Wildman–Crippen MR) is 91.0 cm³/mol. The van der Waals surface area contributed by atoms with Crippen LogP contribution in [-0.2, 0) is 0 Å². The van der Waals surface area contributed by atoms with Crippen LogP contribution in [0.15, 0.2) is 58.7 Å². The van der Waals surface area contributed by atoms with Gasteiger partial charge >= 0.3 is 0 Å². The normalized spacial score (nSPS) is 10.5. The van der Waals surface area contributed by atoms with E-state index in [0.717, 1.165) is 5.69 Å². The quantitative estimate of drug-likeness (QED) is 0.378. The Balaban J connectivity index is 2.39. The van der Waals surface area contributed by atoms with E-state index in [1.54, 1.807) is 24.1 Å². The van der Waals surface area contributed by atoms with Gasteiger partial charge in [-0.2, -0.15) is 5.10 Å². The molecule has 2 aromatic rings. The Kier molecular flexibility index (Phi) is 4.88. The third-order valence-electron chi connectivity index (χ3n) is 3.08. The summed E-state index contributed by atoms with van der Waals surface area (Å²) in [6.45, 7) is 0. The molecule has 23 heavy (non-hydrogen) atoms. The van der Waals surface area contributed by atoms with Crippen LogP contribution in [0, 0.1) is 10.1 Å². The average molecular weight is 312 g/mol. The molecule has 0 aliphatic rings. The van der Waals surface area contributed by atoms with Gasteiger partial charge in [-0.3, -0.25) is 10.1 Å². The monoisotopic (exact) mass is 312 g/mol. The lowest BCUT2D eigenvalue weighted by molar-refractivity contribution is -0.384. The number of nitrogens with two attached hydrogens (primary N) is 2. The second kappa shape index (κ2) is 7.03. The minimum Gasteiger partial charge on any atom is -0.369 e. The summed E-state index contributed by atoms with van der Waals surface area (Å²) in [7, 11) is 1.77. The Hall–Kier alpha value is -3.42. The molecule has 0 saturated heterocycles. The molecule has 0 fully saturated rings. The molecule has 0 radical (unpaired) electrons. The van der Waals surface area contributed by atoms with Gasteiger partial charge in [0.25, 0.3) is 5.69 Å². The maximum atomic E-state index is 11.4. The summed E-state index contributed by atoms with van der Waals surface area (Å²) in [4.78, 5) is 12.7. The lowest BCUT2D eigenvalue weighted by Gasteiger charge is -2.19. The zero-order valence-electron chi connectivity index (χ0n) is 12.5. The Morgan fingerprint density at radius 3 is 2.52 bits per heavy atom. The number of benzene rings is 2. The number of nitro groups is 1. The van der Waals surface area contributed by atoms with E-state index in [1.165, 1.54) is 12.3 Å². The molecule has 0 unspecified atom stereocenters. The molecule has 0 aliphatic heterocycles. The number of para-hydroxylation sites is 1. The fraction of sp³-hybridized carbons (Fsp3) is 0.0667. The number of anilines is 2. The minimum atomic E-state index is -0.438. The van der Waals surface area contributed by atoms with E-state index in [1.807, 2.05) is 30.3 Å². The van der Waals surface area contributed by atoms with Crippen LogP contribution in [0.3, 0.4) is 0 Å². The van der Waals surface area contributed by atoms with Crippen molar-refractivity contribution in [1.29, 1.82) is 0 Å². The van der Waals surface area contributed by atoms with Crippen LogP contribution in [0.2, 0.25) is 0 Å². The largest absolute Gasteiger partial charge is 0.369 e. The highest BCUT2D eigenvalue weighted by molar-refractivity contribution is 5.85. The van der Waals surface area contributed by atoms with Crippen molar-refractivity contribution in [2.45, 2.75) is 0 Å². The van der Waals surface area contributed by atoms with Crippen molar-refractivity contribution >= 4 is 29.2 Å².